The van der Waals surface area contributed by atoms with Crippen LogP contribution >= 0.6 is 11.3 Å². The van der Waals surface area contributed by atoms with E-state index in [0.29, 0.717) is 31.0 Å². The molecular formula is C20H24N2O4S. The molecule has 1 saturated carbocycles. The van der Waals surface area contributed by atoms with Gasteiger partial charge in [0, 0.05) is 35.9 Å². The van der Waals surface area contributed by atoms with Gasteiger partial charge in [-0.15, -0.1) is 11.3 Å². The molecule has 27 heavy (non-hydrogen) atoms. The highest BCUT2D eigenvalue weighted by atomic mass is 32.1. The third-order valence-corrected chi connectivity index (χ3v) is 6.59. The van der Waals surface area contributed by atoms with E-state index in [-0.39, 0.29) is 23.8 Å². The van der Waals surface area contributed by atoms with Crippen molar-refractivity contribution in [3.05, 3.63) is 29.3 Å². The largest absolute Gasteiger partial charge is 0.493 e. The molecule has 7 heteroatoms. The van der Waals surface area contributed by atoms with E-state index < -0.39 is 0 Å². The van der Waals surface area contributed by atoms with E-state index in [4.69, 9.17) is 9.47 Å². The number of thiazole rings is 1. The summed E-state index contributed by atoms with van der Waals surface area (Å²) in [5.41, 5.74) is 1.73. The normalized spacial score (nSPS) is 24.1. The standard InChI is InChI=1S/C20H24N2O4S/c1-25-16-6-5-12(7-17(16)26-2)20-21-15(11-27-20)8-18(23)22-9-13-3-4-14(10-22)19(13)24/h5-7,11,13-14,19,24H,3-4,8-10H2,1-2H3. The van der Waals surface area contributed by atoms with Crippen molar-refractivity contribution < 1.29 is 19.4 Å². The topological polar surface area (TPSA) is 71.9 Å². The lowest BCUT2D eigenvalue weighted by molar-refractivity contribution is -0.134. The second-order valence-electron chi connectivity index (χ2n) is 7.28. The van der Waals surface area contributed by atoms with Crippen LogP contribution in [0.1, 0.15) is 18.5 Å². The smallest absolute Gasteiger partial charge is 0.228 e. The molecule has 6 nitrogen and oxygen atoms in total. The van der Waals surface area contributed by atoms with Crippen molar-refractivity contribution in [1.29, 1.82) is 0 Å². The van der Waals surface area contributed by atoms with Crippen LogP contribution in [0.15, 0.2) is 23.6 Å². The molecule has 0 radical (unpaired) electrons. The predicted molar refractivity (Wildman–Crippen MR) is 103 cm³/mol. The van der Waals surface area contributed by atoms with E-state index in [1.807, 2.05) is 28.5 Å². The molecular weight excluding hydrogens is 364 g/mol. The van der Waals surface area contributed by atoms with Gasteiger partial charge in [0.1, 0.15) is 5.01 Å². The second kappa shape index (κ2) is 7.48. The first-order valence-electron chi connectivity index (χ1n) is 9.21. The number of piperidine rings is 1. The first-order chi connectivity index (χ1) is 13.1. The van der Waals surface area contributed by atoms with Gasteiger partial charge in [-0.1, -0.05) is 0 Å². The zero-order valence-electron chi connectivity index (χ0n) is 15.6. The van der Waals surface area contributed by atoms with Crippen molar-refractivity contribution in [2.75, 3.05) is 27.3 Å². The Bertz CT molecular complexity index is 823. The molecule has 2 aromatic rings. The van der Waals surface area contributed by atoms with Gasteiger partial charge in [-0.05, 0) is 31.0 Å². The molecule has 2 fully saturated rings. The van der Waals surface area contributed by atoms with E-state index >= 15 is 0 Å². The van der Waals surface area contributed by atoms with Crippen LogP contribution in [0.2, 0.25) is 0 Å². The Morgan fingerprint density at radius 3 is 2.59 bits per heavy atom. The molecule has 1 aromatic heterocycles. The van der Waals surface area contributed by atoms with Crippen LogP contribution in [-0.2, 0) is 11.2 Å². The van der Waals surface area contributed by atoms with Crippen LogP contribution in [0.3, 0.4) is 0 Å². The van der Waals surface area contributed by atoms with Crippen molar-refractivity contribution >= 4 is 17.2 Å². The lowest BCUT2D eigenvalue weighted by Gasteiger charge is -2.35. The van der Waals surface area contributed by atoms with E-state index in [1.165, 1.54) is 11.3 Å². The number of hydrogen-bond acceptors (Lipinski definition) is 6. The number of aromatic nitrogens is 1. The van der Waals surface area contributed by atoms with Crippen LogP contribution in [0.25, 0.3) is 10.6 Å². The Balaban J connectivity index is 1.45. The van der Waals surface area contributed by atoms with Crippen molar-refractivity contribution in [2.24, 2.45) is 11.8 Å². The summed E-state index contributed by atoms with van der Waals surface area (Å²) in [6, 6.07) is 5.69. The summed E-state index contributed by atoms with van der Waals surface area (Å²) in [4.78, 5) is 19.2. The number of amides is 1. The van der Waals surface area contributed by atoms with Crippen molar-refractivity contribution in [3.8, 4) is 22.1 Å². The number of aliphatic hydroxyl groups is 1. The van der Waals surface area contributed by atoms with E-state index in [0.717, 1.165) is 29.1 Å². The van der Waals surface area contributed by atoms with Crippen molar-refractivity contribution in [1.82, 2.24) is 9.88 Å². The summed E-state index contributed by atoms with van der Waals surface area (Å²) in [5, 5.41) is 12.9. The van der Waals surface area contributed by atoms with Crippen LogP contribution < -0.4 is 9.47 Å². The lowest BCUT2D eigenvalue weighted by atomic mass is 9.95. The SMILES string of the molecule is COc1ccc(-c2nc(CC(=O)N3CC4CCC(C3)C4O)cs2)cc1OC. The van der Waals surface area contributed by atoms with Gasteiger partial charge in [0.15, 0.2) is 11.5 Å². The molecule has 2 heterocycles. The van der Waals surface area contributed by atoms with Gasteiger partial charge in [-0.3, -0.25) is 4.79 Å². The zero-order valence-corrected chi connectivity index (χ0v) is 16.4. The maximum atomic E-state index is 12.7. The van der Waals surface area contributed by atoms with Crippen LogP contribution in [0.4, 0.5) is 0 Å². The molecule has 1 aliphatic carbocycles. The van der Waals surface area contributed by atoms with E-state index in [2.05, 4.69) is 4.98 Å². The number of carbonyl (C=O) groups is 1. The van der Waals surface area contributed by atoms with E-state index in [1.54, 1.807) is 14.2 Å². The average molecular weight is 388 g/mol. The first kappa shape index (κ1) is 18.3. The van der Waals surface area contributed by atoms with Gasteiger partial charge in [0.25, 0.3) is 0 Å². The van der Waals surface area contributed by atoms with Crippen molar-refractivity contribution in [3.63, 3.8) is 0 Å². The van der Waals surface area contributed by atoms with E-state index in [9.17, 15) is 9.90 Å². The van der Waals surface area contributed by atoms with Gasteiger partial charge in [-0.2, -0.15) is 0 Å². The van der Waals surface area contributed by atoms with Crippen molar-refractivity contribution in [2.45, 2.75) is 25.4 Å². The maximum absolute atomic E-state index is 12.7. The summed E-state index contributed by atoms with van der Waals surface area (Å²) >= 11 is 1.52. The maximum Gasteiger partial charge on any atom is 0.228 e. The van der Waals surface area contributed by atoms with Crippen LogP contribution in [-0.4, -0.2) is 54.3 Å². The average Bonchev–Trinajstić information content (AvgIpc) is 3.20. The van der Waals surface area contributed by atoms with Gasteiger partial charge in [0.05, 0.1) is 32.4 Å². The molecule has 2 aliphatic rings. The van der Waals surface area contributed by atoms with Gasteiger partial charge >= 0.3 is 0 Å². The number of methoxy groups -OCH3 is 2. The Kier molecular flexibility index (Phi) is 5.06. The molecule has 1 amide bonds. The third kappa shape index (κ3) is 3.53. The number of fused-ring (bicyclic) bond motifs is 2. The highest BCUT2D eigenvalue weighted by Gasteiger charge is 2.42. The minimum Gasteiger partial charge on any atom is -0.493 e. The Hall–Kier alpha value is -2.12. The quantitative estimate of drug-likeness (QED) is 0.852. The summed E-state index contributed by atoms with van der Waals surface area (Å²) in [6.45, 7) is 1.34. The van der Waals surface area contributed by atoms with Gasteiger partial charge in [0.2, 0.25) is 5.91 Å². The number of aliphatic hydroxyl groups excluding tert-OH is 1. The Morgan fingerprint density at radius 2 is 1.93 bits per heavy atom. The monoisotopic (exact) mass is 388 g/mol. The fourth-order valence-electron chi connectivity index (χ4n) is 4.15. The summed E-state index contributed by atoms with van der Waals surface area (Å²) in [7, 11) is 3.21. The Labute approximate surface area is 162 Å². The second-order valence-corrected chi connectivity index (χ2v) is 8.14. The zero-order chi connectivity index (χ0) is 19.0. The first-order valence-corrected chi connectivity index (χ1v) is 10.1. The molecule has 2 atom stereocenters. The third-order valence-electron chi connectivity index (χ3n) is 5.65. The number of carbonyl (C=O) groups excluding carboxylic acids is 1. The molecule has 1 saturated heterocycles. The van der Waals surface area contributed by atoms with Gasteiger partial charge in [-0.25, -0.2) is 4.98 Å². The Morgan fingerprint density at radius 1 is 1.22 bits per heavy atom. The summed E-state index contributed by atoms with van der Waals surface area (Å²) in [5.74, 6) is 1.92. The number of hydrogen-bond donors (Lipinski definition) is 1. The summed E-state index contributed by atoms with van der Waals surface area (Å²) in [6.07, 6.45) is 2.12. The molecule has 1 aromatic carbocycles. The van der Waals surface area contributed by atoms with Crippen LogP contribution in [0, 0.1) is 11.8 Å². The highest BCUT2D eigenvalue weighted by Crippen LogP contribution is 2.37. The number of benzene rings is 1. The predicted octanol–water partition coefficient (Wildman–Crippen LogP) is 2.60. The molecule has 1 aliphatic heterocycles. The number of rotatable bonds is 5. The minimum atomic E-state index is -0.232. The fraction of sp³-hybridized carbons (Fsp3) is 0.500. The van der Waals surface area contributed by atoms with Crippen LogP contribution in [0.5, 0.6) is 11.5 Å². The fourth-order valence-corrected chi connectivity index (χ4v) is 4.97. The molecule has 1 N–H and O–H groups in total. The molecule has 2 bridgehead atoms. The number of nitrogens with zero attached hydrogens (tertiary/aromatic N) is 2. The summed E-state index contributed by atoms with van der Waals surface area (Å²) < 4.78 is 10.6. The number of likely N-dealkylation sites (tertiary alicyclic amines) is 1. The number of ether oxygens (including phenoxy) is 2. The molecule has 4 rings (SSSR count). The molecule has 2 unspecified atom stereocenters. The molecule has 0 spiro atoms. The highest BCUT2D eigenvalue weighted by molar-refractivity contribution is 7.13. The van der Waals surface area contributed by atoms with Gasteiger partial charge < -0.3 is 19.5 Å². The molecule has 144 valence electrons. The lowest BCUT2D eigenvalue weighted by Crippen LogP contribution is -2.47. The minimum absolute atomic E-state index is 0.1000.